The van der Waals surface area contributed by atoms with Gasteiger partial charge in [0.1, 0.15) is 11.5 Å². The molecule has 0 aliphatic rings. The number of rotatable bonds is 7. The molecule has 3 N–H and O–H groups in total. The molecule has 106 valence electrons. The Labute approximate surface area is 112 Å². The lowest BCUT2D eigenvalue weighted by Crippen LogP contribution is -2.38. The van der Waals surface area contributed by atoms with Crippen molar-refractivity contribution in [2.24, 2.45) is 0 Å². The fourth-order valence-electron chi connectivity index (χ4n) is 1.54. The van der Waals surface area contributed by atoms with E-state index in [2.05, 4.69) is 5.32 Å². The third-order valence-corrected chi connectivity index (χ3v) is 2.40. The minimum Gasteiger partial charge on any atom is -0.497 e. The Balaban J connectivity index is 2.46. The van der Waals surface area contributed by atoms with E-state index in [1.807, 2.05) is 6.92 Å². The molecule has 0 fully saturated rings. The van der Waals surface area contributed by atoms with E-state index in [1.54, 1.807) is 32.4 Å². The number of amides is 1. The largest absolute Gasteiger partial charge is 0.497 e. The first-order valence-corrected chi connectivity index (χ1v) is 5.91. The molecule has 6 heteroatoms. The van der Waals surface area contributed by atoms with Crippen molar-refractivity contribution in [1.82, 2.24) is 5.32 Å². The molecule has 0 aliphatic heterocycles. The summed E-state index contributed by atoms with van der Waals surface area (Å²) in [5, 5.41) is 2.74. The molecule has 0 aliphatic carbocycles. The Kier molecular flexibility index (Phi) is 5.95. The van der Waals surface area contributed by atoms with Crippen molar-refractivity contribution in [2.45, 2.75) is 13.0 Å². The molecule has 0 radical (unpaired) electrons. The fourth-order valence-corrected chi connectivity index (χ4v) is 1.54. The van der Waals surface area contributed by atoms with Crippen LogP contribution in [-0.2, 0) is 9.53 Å². The van der Waals surface area contributed by atoms with Gasteiger partial charge in [-0.05, 0) is 19.1 Å². The molecule has 1 atom stereocenters. The van der Waals surface area contributed by atoms with E-state index in [0.717, 1.165) is 0 Å². The van der Waals surface area contributed by atoms with Gasteiger partial charge in [-0.2, -0.15) is 0 Å². The molecule has 0 heterocycles. The zero-order valence-electron chi connectivity index (χ0n) is 11.4. The maximum atomic E-state index is 11.6. The number of benzene rings is 1. The first-order chi connectivity index (χ1) is 9.06. The second kappa shape index (κ2) is 7.48. The number of hydrogen-bond donors (Lipinski definition) is 2. The topological polar surface area (TPSA) is 82.8 Å². The zero-order chi connectivity index (χ0) is 14.3. The van der Waals surface area contributed by atoms with Crippen LogP contribution in [0.2, 0.25) is 0 Å². The number of nitrogen functional groups attached to an aromatic ring is 1. The van der Waals surface area contributed by atoms with Crippen molar-refractivity contribution in [3.63, 3.8) is 0 Å². The molecular weight excluding hydrogens is 248 g/mol. The summed E-state index contributed by atoms with van der Waals surface area (Å²) in [6.07, 6.45) is 0. The maximum Gasteiger partial charge on any atom is 0.258 e. The Morgan fingerprint density at radius 3 is 2.74 bits per heavy atom. The third kappa shape index (κ3) is 5.05. The summed E-state index contributed by atoms with van der Waals surface area (Å²) in [6.45, 7) is 2.21. The van der Waals surface area contributed by atoms with Crippen LogP contribution < -0.4 is 20.5 Å². The molecule has 0 aromatic heterocycles. The van der Waals surface area contributed by atoms with Crippen LogP contribution in [0.3, 0.4) is 0 Å². The lowest BCUT2D eigenvalue weighted by atomic mass is 10.3. The average molecular weight is 268 g/mol. The van der Waals surface area contributed by atoms with E-state index in [9.17, 15) is 4.79 Å². The van der Waals surface area contributed by atoms with Crippen molar-refractivity contribution in [2.75, 3.05) is 33.2 Å². The van der Waals surface area contributed by atoms with Gasteiger partial charge in [-0.25, -0.2) is 0 Å². The van der Waals surface area contributed by atoms with Gasteiger partial charge in [0, 0.05) is 19.2 Å². The van der Waals surface area contributed by atoms with Gasteiger partial charge in [0.15, 0.2) is 6.61 Å². The zero-order valence-corrected chi connectivity index (χ0v) is 11.4. The molecular formula is C13H20N2O4. The highest BCUT2D eigenvalue weighted by molar-refractivity contribution is 5.78. The van der Waals surface area contributed by atoms with E-state index < -0.39 is 0 Å². The quantitative estimate of drug-likeness (QED) is 0.715. The third-order valence-electron chi connectivity index (χ3n) is 2.40. The van der Waals surface area contributed by atoms with Crippen molar-refractivity contribution >= 4 is 11.6 Å². The molecule has 1 unspecified atom stereocenters. The van der Waals surface area contributed by atoms with E-state index in [0.29, 0.717) is 23.8 Å². The first kappa shape index (κ1) is 15.1. The van der Waals surface area contributed by atoms with Gasteiger partial charge in [-0.15, -0.1) is 0 Å². The molecule has 0 saturated heterocycles. The van der Waals surface area contributed by atoms with Crippen LogP contribution in [0.25, 0.3) is 0 Å². The number of anilines is 1. The second-order valence-corrected chi connectivity index (χ2v) is 4.12. The normalized spacial score (nSPS) is 11.7. The highest BCUT2D eigenvalue weighted by atomic mass is 16.5. The predicted molar refractivity (Wildman–Crippen MR) is 72.4 cm³/mol. The van der Waals surface area contributed by atoms with Crippen LogP contribution in [0.5, 0.6) is 11.5 Å². The number of methoxy groups -OCH3 is 2. The number of hydrogen-bond acceptors (Lipinski definition) is 5. The minimum absolute atomic E-state index is 0.0608. The van der Waals surface area contributed by atoms with Crippen LogP contribution in [0.1, 0.15) is 6.92 Å². The summed E-state index contributed by atoms with van der Waals surface area (Å²) in [7, 11) is 3.14. The summed E-state index contributed by atoms with van der Waals surface area (Å²) in [5.41, 5.74) is 6.20. The number of nitrogens with two attached hydrogens (primary N) is 1. The summed E-state index contributed by atoms with van der Waals surface area (Å²) in [5.74, 6) is 0.873. The molecule has 0 bridgehead atoms. The van der Waals surface area contributed by atoms with Crippen LogP contribution in [0, 0.1) is 0 Å². The lowest BCUT2D eigenvalue weighted by molar-refractivity contribution is -0.124. The van der Waals surface area contributed by atoms with Crippen molar-refractivity contribution in [3.8, 4) is 11.5 Å². The summed E-state index contributed by atoms with van der Waals surface area (Å²) in [4.78, 5) is 11.6. The molecule has 0 spiro atoms. The minimum atomic E-state index is -0.222. The number of carbonyl (C=O) groups excluding carboxylic acids is 1. The molecule has 1 aromatic carbocycles. The molecule has 6 nitrogen and oxygen atoms in total. The average Bonchev–Trinajstić information content (AvgIpc) is 2.37. The van der Waals surface area contributed by atoms with E-state index in [1.165, 1.54) is 0 Å². The Morgan fingerprint density at radius 1 is 1.42 bits per heavy atom. The Hall–Kier alpha value is -1.95. The van der Waals surface area contributed by atoms with E-state index in [-0.39, 0.29) is 18.6 Å². The Bertz CT molecular complexity index is 423. The molecule has 1 amide bonds. The van der Waals surface area contributed by atoms with Crippen LogP contribution in [-0.4, -0.2) is 39.4 Å². The highest BCUT2D eigenvalue weighted by Crippen LogP contribution is 2.25. The van der Waals surface area contributed by atoms with Crippen molar-refractivity contribution in [3.05, 3.63) is 18.2 Å². The molecule has 1 aromatic rings. The predicted octanol–water partition coefficient (Wildman–Crippen LogP) is 0.807. The van der Waals surface area contributed by atoms with Gasteiger partial charge in [0.25, 0.3) is 5.91 Å². The van der Waals surface area contributed by atoms with E-state index >= 15 is 0 Å². The van der Waals surface area contributed by atoms with Gasteiger partial charge < -0.3 is 25.3 Å². The smallest absolute Gasteiger partial charge is 0.258 e. The van der Waals surface area contributed by atoms with Crippen LogP contribution >= 0.6 is 0 Å². The molecule has 0 saturated carbocycles. The number of carbonyl (C=O) groups is 1. The molecule has 19 heavy (non-hydrogen) atoms. The highest BCUT2D eigenvalue weighted by Gasteiger charge is 2.09. The van der Waals surface area contributed by atoms with Gasteiger partial charge >= 0.3 is 0 Å². The van der Waals surface area contributed by atoms with E-state index in [4.69, 9.17) is 19.9 Å². The van der Waals surface area contributed by atoms with Gasteiger partial charge in [0.2, 0.25) is 0 Å². The van der Waals surface area contributed by atoms with Crippen molar-refractivity contribution in [1.29, 1.82) is 0 Å². The van der Waals surface area contributed by atoms with Gasteiger partial charge in [-0.1, -0.05) is 0 Å². The monoisotopic (exact) mass is 268 g/mol. The van der Waals surface area contributed by atoms with Crippen LogP contribution in [0.15, 0.2) is 18.2 Å². The van der Waals surface area contributed by atoms with Gasteiger partial charge in [-0.3, -0.25) is 4.79 Å². The lowest BCUT2D eigenvalue weighted by Gasteiger charge is -2.14. The SMILES string of the molecule is COCC(C)NC(=O)COc1ccc(OC)cc1N. The standard InChI is InChI=1S/C13H20N2O4/c1-9(7-17-2)15-13(16)8-19-12-5-4-10(18-3)6-11(12)14/h4-6,9H,7-8,14H2,1-3H3,(H,15,16). The maximum absolute atomic E-state index is 11.6. The van der Waals surface area contributed by atoms with Crippen LogP contribution in [0.4, 0.5) is 5.69 Å². The van der Waals surface area contributed by atoms with Gasteiger partial charge in [0.05, 0.1) is 19.4 Å². The molecule has 1 rings (SSSR count). The summed E-state index contributed by atoms with van der Waals surface area (Å²) >= 11 is 0. The number of ether oxygens (including phenoxy) is 3. The fraction of sp³-hybridized carbons (Fsp3) is 0.462. The second-order valence-electron chi connectivity index (χ2n) is 4.12. The first-order valence-electron chi connectivity index (χ1n) is 5.91. The summed E-state index contributed by atoms with van der Waals surface area (Å²) in [6, 6.07) is 4.96. The number of nitrogens with one attached hydrogen (secondary N) is 1. The Morgan fingerprint density at radius 2 is 2.16 bits per heavy atom. The summed E-state index contributed by atoms with van der Waals surface area (Å²) < 4.78 is 15.3. The van der Waals surface area contributed by atoms with Crippen molar-refractivity contribution < 1.29 is 19.0 Å².